The van der Waals surface area contributed by atoms with Gasteiger partial charge in [-0.1, -0.05) is 30.3 Å². The Bertz CT molecular complexity index is 504. The van der Waals surface area contributed by atoms with E-state index in [1.165, 1.54) is 7.11 Å². The van der Waals surface area contributed by atoms with Crippen molar-refractivity contribution in [2.45, 2.75) is 12.8 Å². The highest BCUT2D eigenvalue weighted by Crippen LogP contribution is 2.17. The van der Waals surface area contributed by atoms with Crippen LogP contribution in [-0.2, 0) is 25.5 Å². The second-order valence-electron chi connectivity index (χ2n) is 4.73. The number of rotatable bonds is 4. The SMILES string of the molecule is COC(=O)C1C(=O)CCN(CCc2ccccc2)C1=O. The lowest BCUT2D eigenvalue weighted by Crippen LogP contribution is -2.50. The summed E-state index contributed by atoms with van der Waals surface area (Å²) in [5.74, 6) is -2.82. The van der Waals surface area contributed by atoms with Gasteiger partial charge in [0, 0.05) is 19.5 Å². The average Bonchev–Trinajstić information content (AvgIpc) is 2.47. The number of hydrogen-bond acceptors (Lipinski definition) is 4. The molecule has 1 amide bonds. The molecule has 5 nitrogen and oxygen atoms in total. The third-order valence-electron chi connectivity index (χ3n) is 3.46. The van der Waals surface area contributed by atoms with E-state index >= 15 is 0 Å². The van der Waals surface area contributed by atoms with Crippen LogP contribution in [0.4, 0.5) is 0 Å². The van der Waals surface area contributed by atoms with Crippen LogP contribution in [0.5, 0.6) is 0 Å². The number of piperidine rings is 1. The van der Waals surface area contributed by atoms with Crippen molar-refractivity contribution in [2.75, 3.05) is 20.2 Å². The summed E-state index contributed by atoms with van der Waals surface area (Å²) in [7, 11) is 1.19. The van der Waals surface area contributed by atoms with Crippen LogP contribution in [0.2, 0.25) is 0 Å². The number of amides is 1. The molecule has 1 aromatic rings. The number of ether oxygens (including phenoxy) is 1. The zero-order valence-corrected chi connectivity index (χ0v) is 11.4. The predicted molar refractivity (Wildman–Crippen MR) is 71.9 cm³/mol. The molecule has 1 aliphatic rings. The van der Waals surface area contributed by atoms with Crippen LogP contribution in [0.15, 0.2) is 30.3 Å². The number of Topliss-reactive ketones (excluding diaryl/α,β-unsaturated/α-hetero) is 1. The summed E-state index contributed by atoms with van der Waals surface area (Å²) >= 11 is 0. The van der Waals surface area contributed by atoms with Gasteiger partial charge in [0.15, 0.2) is 11.7 Å². The van der Waals surface area contributed by atoms with Crippen molar-refractivity contribution in [1.82, 2.24) is 4.90 Å². The summed E-state index contributed by atoms with van der Waals surface area (Å²) in [5.41, 5.74) is 1.12. The Balaban J connectivity index is 2.00. The zero-order chi connectivity index (χ0) is 14.5. The molecular weight excluding hydrogens is 258 g/mol. The molecule has 0 bridgehead atoms. The molecule has 1 fully saturated rings. The third kappa shape index (κ3) is 3.04. The molecule has 0 spiro atoms. The molecule has 1 saturated heterocycles. The Hall–Kier alpha value is -2.17. The number of likely N-dealkylation sites (tertiary alicyclic amines) is 1. The summed E-state index contributed by atoms with van der Waals surface area (Å²) in [5, 5.41) is 0. The highest BCUT2D eigenvalue weighted by Gasteiger charge is 2.41. The lowest BCUT2D eigenvalue weighted by Gasteiger charge is -2.30. The lowest BCUT2D eigenvalue weighted by molar-refractivity contribution is -0.159. The van der Waals surface area contributed by atoms with Crippen molar-refractivity contribution >= 4 is 17.7 Å². The van der Waals surface area contributed by atoms with Crippen molar-refractivity contribution in [2.24, 2.45) is 5.92 Å². The molecule has 106 valence electrons. The van der Waals surface area contributed by atoms with Gasteiger partial charge >= 0.3 is 5.97 Å². The number of carbonyl (C=O) groups is 3. The van der Waals surface area contributed by atoms with E-state index < -0.39 is 17.8 Å². The first-order valence-electron chi connectivity index (χ1n) is 6.56. The van der Waals surface area contributed by atoms with E-state index in [9.17, 15) is 14.4 Å². The van der Waals surface area contributed by atoms with E-state index in [1.807, 2.05) is 30.3 Å². The van der Waals surface area contributed by atoms with Crippen molar-refractivity contribution in [3.05, 3.63) is 35.9 Å². The molecule has 1 atom stereocenters. The van der Waals surface area contributed by atoms with Gasteiger partial charge in [-0.05, 0) is 12.0 Å². The van der Waals surface area contributed by atoms with Gasteiger partial charge in [0.1, 0.15) is 0 Å². The number of methoxy groups -OCH3 is 1. The molecule has 0 radical (unpaired) electrons. The molecular formula is C15H17NO4. The molecule has 1 aromatic carbocycles. The van der Waals surface area contributed by atoms with Crippen molar-refractivity contribution in [3.8, 4) is 0 Å². The minimum absolute atomic E-state index is 0.209. The second-order valence-corrected chi connectivity index (χ2v) is 4.73. The molecule has 2 rings (SSSR count). The standard InChI is InChI=1S/C15H17NO4/c1-20-15(19)13-12(17)8-10-16(14(13)18)9-7-11-5-3-2-4-6-11/h2-6,13H,7-10H2,1H3. The Kier molecular flexibility index (Phi) is 4.50. The molecule has 1 unspecified atom stereocenters. The van der Waals surface area contributed by atoms with E-state index in [-0.39, 0.29) is 12.2 Å². The highest BCUT2D eigenvalue weighted by molar-refractivity contribution is 6.17. The Morgan fingerprint density at radius 2 is 2.00 bits per heavy atom. The van der Waals surface area contributed by atoms with Gasteiger partial charge in [-0.2, -0.15) is 0 Å². The fourth-order valence-corrected chi connectivity index (χ4v) is 2.30. The van der Waals surface area contributed by atoms with Gasteiger partial charge in [-0.25, -0.2) is 0 Å². The average molecular weight is 275 g/mol. The first-order chi connectivity index (χ1) is 9.63. The summed E-state index contributed by atoms with van der Waals surface area (Å²) < 4.78 is 4.53. The minimum atomic E-state index is -1.27. The predicted octanol–water partition coefficient (Wildman–Crippen LogP) is 0.820. The molecule has 0 saturated carbocycles. The van der Waals surface area contributed by atoms with Gasteiger partial charge in [0.2, 0.25) is 5.91 Å². The lowest BCUT2D eigenvalue weighted by atomic mass is 9.95. The third-order valence-corrected chi connectivity index (χ3v) is 3.46. The van der Waals surface area contributed by atoms with E-state index in [2.05, 4.69) is 4.74 Å². The number of hydrogen-bond donors (Lipinski definition) is 0. The van der Waals surface area contributed by atoms with Crippen LogP contribution in [-0.4, -0.2) is 42.8 Å². The molecule has 1 heterocycles. The van der Waals surface area contributed by atoms with E-state index in [0.717, 1.165) is 5.56 Å². The molecule has 20 heavy (non-hydrogen) atoms. The first kappa shape index (κ1) is 14.2. The fraction of sp³-hybridized carbons (Fsp3) is 0.400. The van der Waals surface area contributed by atoms with Crippen molar-refractivity contribution in [1.29, 1.82) is 0 Å². The monoisotopic (exact) mass is 275 g/mol. The van der Waals surface area contributed by atoms with Crippen LogP contribution >= 0.6 is 0 Å². The van der Waals surface area contributed by atoms with Crippen LogP contribution < -0.4 is 0 Å². The Morgan fingerprint density at radius 3 is 2.65 bits per heavy atom. The van der Waals surface area contributed by atoms with Gasteiger partial charge in [0.25, 0.3) is 0 Å². The van der Waals surface area contributed by atoms with Crippen molar-refractivity contribution in [3.63, 3.8) is 0 Å². The molecule has 0 aromatic heterocycles. The summed E-state index contributed by atoms with van der Waals surface area (Å²) in [6, 6.07) is 9.78. The summed E-state index contributed by atoms with van der Waals surface area (Å²) in [6.45, 7) is 0.877. The Morgan fingerprint density at radius 1 is 1.30 bits per heavy atom. The smallest absolute Gasteiger partial charge is 0.325 e. The van der Waals surface area contributed by atoms with Gasteiger partial charge < -0.3 is 9.64 Å². The normalized spacial score (nSPS) is 19.1. The van der Waals surface area contributed by atoms with E-state index in [0.29, 0.717) is 19.5 Å². The maximum Gasteiger partial charge on any atom is 0.325 e. The molecule has 5 heteroatoms. The summed E-state index contributed by atoms with van der Waals surface area (Å²) in [6.07, 6.45) is 0.912. The number of ketones is 1. The number of carbonyl (C=O) groups excluding carboxylic acids is 3. The van der Waals surface area contributed by atoms with Gasteiger partial charge in [-0.15, -0.1) is 0 Å². The van der Waals surface area contributed by atoms with E-state index in [4.69, 9.17) is 0 Å². The zero-order valence-electron chi connectivity index (χ0n) is 11.4. The highest BCUT2D eigenvalue weighted by atomic mass is 16.5. The van der Waals surface area contributed by atoms with E-state index in [1.54, 1.807) is 4.90 Å². The quantitative estimate of drug-likeness (QED) is 0.603. The van der Waals surface area contributed by atoms with Crippen molar-refractivity contribution < 1.29 is 19.1 Å². The summed E-state index contributed by atoms with van der Waals surface area (Å²) in [4.78, 5) is 36.9. The molecule has 1 aliphatic heterocycles. The second kappa shape index (κ2) is 6.32. The maximum atomic E-state index is 12.2. The molecule has 0 N–H and O–H groups in total. The first-order valence-corrected chi connectivity index (χ1v) is 6.56. The van der Waals surface area contributed by atoms with Crippen LogP contribution in [0.1, 0.15) is 12.0 Å². The topological polar surface area (TPSA) is 63.7 Å². The maximum absolute atomic E-state index is 12.2. The number of benzene rings is 1. The van der Waals surface area contributed by atoms with Crippen LogP contribution in [0.25, 0.3) is 0 Å². The molecule has 0 aliphatic carbocycles. The van der Waals surface area contributed by atoms with Crippen LogP contribution in [0.3, 0.4) is 0 Å². The van der Waals surface area contributed by atoms with Gasteiger partial charge in [0.05, 0.1) is 7.11 Å². The van der Waals surface area contributed by atoms with Crippen LogP contribution in [0, 0.1) is 5.92 Å². The largest absolute Gasteiger partial charge is 0.468 e. The fourth-order valence-electron chi connectivity index (χ4n) is 2.30. The van der Waals surface area contributed by atoms with Gasteiger partial charge in [-0.3, -0.25) is 14.4 Å². The number of esters is 1. The minimum Gasteiger partial charge on any atom is -0.468 e. The number of nitrogens with zero attached hydrogens (tertiary/aromatic N) is 1. The Labute approximate surface area is 117 Å².